The molecule has 1 heterocycles. The largest absolute Gasteiger partial charge is 0.351 e. The molecule has 0 radical (unpaired) electrons. The van der Waals surface area contributed by atoms with Gasteiger partial charge in [0.1, 0.15) is 5.69 Å². The van der Waals surface area contributed by atoms with E-state index in [2.05, 4.69) is 10.3 Å². The molecule has 1 aromatic rings. The molecule has 1 aliphatic rings. The van der Waals surface area contributed by atoms with Crippen LogP contribution in [0.2, 0.25) is 0 Å². The van der Waals surface area contributed by atoms with Gasteiger partial charge in [-0.1, -0.05) is 12.8 Å². The van der Waals surface area contributed by atoms with Crippen LogP contribution in [0.1, 0.15) is 36.2 Å². The van der Waals surface area contributed by atoms with Crippen LogP contribution < -0.4 is 11.1 Å². The number of nitrogens with two attached hydrogens (primary N) is 1. The first-order valence-electron chi connectivity index (χ1n) is 5.97. The van der Waals surface area contributed by atoms with Crippen LogP contribution in [0.15, 0.2) is 12.3 Å². The molecule has 0 bridgehead atoms. The molecule has 1 amide bonds. The van der Waals surface area contributed by atoms with E-state index in [1.165, 1.54) is 12.3 Å². The lowest BCUT2D eigenvalue weighted by atomic mass is 9.91. The van der Waals surface area contributed by atoms with E-state index >= 15 is 0 Å². The average molecular weight is 252 g/mol. The van der Waals surface area contributed by atoms with Crippen LogP contribution in [0, 0.1) is 10.1 Å². The van der Waals surface area contributed by atoms with Gasteiger partial charge in [-0.15, -0.1) is 0 Å². The van der Waals surface area contributed by atoms with Gasteiger partial charge in [0.05, 0.1) is 11.1 Å². The molecule has 0 spiro atoms. The molecule has 0 aliphatic heterocycles. The van der Waals surface area contributed by atoms with Crippen molar-refractivity contribution >= 4 is 11.6 Å². The number of carbonyl (C=O) groups is 1. The highest BCUT2D eigenvalue weighted by molar-refractivity contribution is 5.93. The zero-order valence-corrected chi connectivity index (χ0v) is 9.89. The molecule has 1 saturated carbocycles. The number of nitrogens with zero attached hydrogens (tertiary/aromatic N) is 1. The lowest BCUT2D eigenvalue weighted by molar-refractivity contribution is -0.384. The fraction of sp³-hybridized carbons (Fsp3) is 0.545. The Morgan fingerprint density at radius 1 is 1.50 bits per heavy atom. The van der Waals surface area contributed by atoms with Crippen LogP contribution >= 0.6 is 0 Å². The van der Waals surface area contributed by atoms with Gasteiger partial charge < -0.3 is 16.0 Å². The number of hydrogen-bond donors (Lipinski definition) is 3. The maximum absolute atomic E-state index is 11.9. The smallest absolute Gasteiger partial charge is 0.287 e. The van der Waals surface area contributed by atoms with Gasteiger partial charge in [0.15, 0.2) is 0 Å². The summed E-state index contributed by atoms with van der Waals surface area (Å²) >= 11 is 0. The van der Waals surface area contributed by atoms with Crippen molar-refractivity contribution < 1.29 is 9.72 Å². The molecule has 18 heavy (non-hydrogen) atoms. The third kappa shape index (κ3) is 2.67. The van der Waals surface area contributed by atoms with Crippen LogP contribution in [-0.2, 0) is 0 Å². The van der Waals surface area contributed by atoms with Crippen molar-refractivity contribution in [1.82, 2.24) is 10.3 Å². The maximum atomic E-state index is 11.9. The Balaban J connectivity index is 2.00. The number of nitrogens with one attached hydrogen (secondary N) is 2. The van der Waals surface area contributed by atoms with E-state index in [-0.39, 0.29) is 29.4 Å². The summed E-state index contributed by atoms with van der Waals surface area (Å²) in [5.74, 6) is -0.342. The predicted octanol–water partition coefficient (Wildman–Crippen LogP) is 0.923. The topological polar surface area (TPSA) is 114 Å². The standard InChI is InChI=1S/C11H16N4O3/c12-8-3-1-2-4-9(8)14-11(16)10-5-7(6-13-10)15(17)18/h5-6,8-9,13H,1-4,12H2,(H,14,16). The molecule has 1 aliphatic carbocycles. The van der Waals surface area contributed by atoms with E-state index in [0.29, 0.717) is 0 Å². The molecule has 0 aromatic carbocycles. The SMILES string of the molecule is NC1CCCCC1NC(=O)c1cc([N+](=O)[O-])c[nH]1. The number of H-pyrrole nitrogens is 1. The second kappa shape index (κ2) is 5.18. The van der Waals surface area contributed by atoms with Gasteiger partial charge in [0, 0.05) is 18.2 Å². The minimum Gasteiger partial charge on any atom is -0.351 e. The zero-order chi connectivity index (χ0) is 13.1. The minimum absolute atomic E-state index is 0.0346. The van der Waals surface area contributed by atoms with Crippen molar-refractivity contribution in [3.8, 4) is 0 Å². The molecular weight excluding hydrogens is 236 g/mol. The Morgan fingerprint density at radius 3 is 2.83 bits per heavy atom. The van der Waals surface area contributed by atoms with Crippen LogP contribution in [-0.4, -0.2) is 27.9 Å². The molecule has 0 saturated heterocycles. The first kappa shape index (κ1) is 12.6. The third-order valence-corrected chi connectivity index (χ3v) is 3.26. The Hall–Kier alpha value is -1.89. The van der Waals surface area contributed by atoms with Crippen molar-refractivity contribution in [3.63, 3.8) is 0 Å². The number of hydrogen-bond acceptors (Lipinski definition) is 4. The Morgan fingerprint density at radius 2 is 2.22 bits per heavy atom. The fourth-order valence-electron chi connectivity index (χ4n) is 2.20. The molecule has 2 unspecified atom stereocenters. The van der Waals surface area contributed by atoms with Crippen molar-refractivity contribution in [2.75, 3.05) is 0 Å². The van der Waals surface area contributed by atoms with Gasteiger partial charge in [-0.05, 0) is 12.8 Å². The highest BCUT2D eigenvalue weighted by Gasteiger charge is 2.24. The predicted molar refractivity (Wildman–Crippen MR) is 65.1 cm³/mol. The van der Waals surface area contributed by atoms with E-state index < -0.39 is 4.92 Å². The van der Waals surface area contributed by atoms with Crippen LogP contribution in [0.5, 0.6) is 0 Å². The minimum atomic E-state index is -0.542. The van der Waals surface area contributed by atoms with Crippen molar-refractivity contribution in [1.29, 1.82) is 0 Å². The summed E-state index contributed by atoms with van der Waals surface area (Å²) in [4.78, 5) is 24.4. The third-order valence-electron chi connectivity index (χ3n) is 3.26. The summed E-state index contributed by atoms with van der Waals surface area (Å²) in [5, 5.41) is 13.3. The van der Waals surface area contributed by atoms with Crippen molar-refractivity contribution in [2.45, 2.75) is 37.8 Å². The molecule has 4 N–H and O–H groups in total. The number of carbonyl (C=O) groups excluding carboxylic acids is 1. The maximum Gasteiger partial charge on any atom is 0.287 e. The van der Waals surface area contributed by atoms with Crippen LogP contribution in [0.3, 0.4) is 0 Å². The van der Waals surface area contributed by atoms with Crippen molar-refractivity contribution in [2.24, 2.45) is 5.73 Å². The monoisotopic (exact) mass is 252 g/mol. The van der Waals surface area contributed by atoms with E-state index in [1.807, 2.05) is 0 Å². The second-order valence-electron chi connectivity index (χ2n) is 4.56. The van der Waals surface area contributed by atoms with Crippen LogP contribution in [0.4, 0.5) is 5.69 Å². The number of nitro groups is 1. The molecule has 7 heteroatoms. The lowest BCUT2D eigenvalue weighted by Crippen LogP contribution is -2.49. The van der Waals surface area contributed by atoms with Gasteiger partial charge in [-0.25, -0.2) is 0 Å². The summed E-state index contributed by atoms with van der Waals surface area (Å²) in [7, 11) is 0. The van der Waals surface area contributed by atoms with Crippen molar-refractivity contribution in [3.05, 3.63) is 28.1 Å². The van der Waals surface area contributed by atoms with Crippen LogP contribution in [0.25, 0.3) is 0 Å². The van der Waals surface area contributed by atoms with Gasteiger partial charge >= 0.3 is 0 Å². The van der Waals surface area contributed by atoms with E-state index in [9.17, 15) is 14.9 Å². The molecule has 1 aromatic heterocycles. The lowest BCUT2D eigenvalue weighted by Gasteiger charge is -2.29. The summed E-state index contributed by atoms with van der Waals surface area (Å²) in [6.07, 6.45) is 5.09. The first-order chi connectivity index (χ1) is 8.58. The Kier molecular flexibility index (Phi) is 3.61. The molecule has 1 fully saturated rings. The highest BCUT2D eigenvalue weighted by Crippen LogP contribution is 2.18. The Bertz CT molecular complexity index is 457. The second-order valence-corrected chi connectivity index (χ2v) is 4.56. The average Bonchev–Trinajstić information content (AvgIpc) is 2.81. The van der Waals surface area contributed by atoms with E-state index in [0.717, 1.165) is 25.7 Å². The molecule has 7 nitrogen and oxygen atoms in total. The fourth-order valence-corrected chi connectivity index (χ4v) is 2.20. The molecule has 2 rings (SSSR count). The summed E-state index contributed by atoms with van der Waals surface area (Å²) in [6, 6.07) is 1.14. The van der Waals surface area contributed by atoms with Gasteiger partial charge in [0.25, 0.3) is 11.6 Å². The summed E-state index contributed by atoms with van der Waals surface area (Å²) < 4.78 is 0. The Labute approximate surface area is 104 Å². The molecular formula is C11H16N4O3. The quantitative estimate of drug-likeness (QED) is 0.548. The molecule has 2 atom stereocenters. The number of aromatic amines is 1. The van der Waals surface area contributed by atoms with E-state index in [1.54, 1.807) is 0 Å². The molecule has 98 valence electrons. The normalized spacial score (nSPS) is 23.6. The van der Waals surface area contributed by atoms with Gasteiger partial charge in [0.2, 0.25) is 0 Å². The van der Waals surface area contributed by atoms with Gasteiger partial charge in [-0.3, -0.25) is 14.9 Å². The number of amides is 1. The summed E-state index contributed by atoms with van der Waals surface area (Å²) in [6.45, 7) is 0. The highest BCUT2D eigenvalue weighted by atomic mass is 16.6. The summed E-state index contributed by atoms with van der Waals surface area (Å²) in [5.41, 5.74) is 6.00. The number of aromatic nitrogens is 1. The van der Waals surface area contributed by atoms with Gasteiger partial charge in [-0.2, -0.15) is 0 Å². The number of rotatable bonds is 3. The van der Waals surface area contributed by atoms with E-state index in [4.69, 9.17) is 5.73 Å². The zero-order valence-electron chi connectivity index (χ0n) is 9.89. The first-order valence-corrected chi connectivity index (χ1v) is 5.97.